The first-order valence-electron chi connectivity index (χ1n) is 4.74. The molecule has 1 heterocycles. The van der Waals surface area contributed by atoms with E-state index in [-0.39, 0.29) is 16.1 Å². The van der Waals surface area contributed by atoms with E-state index in [1.165, 1.54) is 12.1 Å². The highest BCUT2D eigenvalue weighted by atomic mass is 79.9. The Morgan fingerprint density at radius 2 is 2.18 bits per heavy atom. The fraction of sp³-hybridized carbons (Fsp3) is 0.0909. The van der Waals surface area contributed by atoms with Crippen molar-refractivity contribution in [1.82, 2.24) is 9.97 Å². The number of benzene rings is 1. The van der Waals surface area contributed by atoms with E-state index in [4.69, 9.17) is 0 Å². The third-order valence-electron chi connectivity index (χ3n) is 2.28. The van der Waals surface area contributed by atoms with Crippen LogP contribution in [0.3, 0.4) is 0 Å². The highest BCUT2D eigenvalue weighted by molar-refractivity contribution is 9.10. The highest BCUT2D eigenvalue weighted by Gasteiger charge is 2.10. The summed E-state index contributed by atoms with van der Waals surface area (Å²) >= 11 is 2.90. The predicted octanol–water partition coefficient (Wildman–Crippen LogP) is 2.35. The number of aromatic hydroxyl groups is 1. The SMILES string of the molecule is Cc1cc(-c2nc(O)c(Br)c(=O)[nH]2)ccc1F. The van der Waals surface area contributed by atoms with Crippen molar-refractivity contribution in [2.24, 2.45) is 0 Å². The Morgan fingerprint density at radius 1 is 1.47 bits per heavy atom. The van der Waals surface area contributed by atoms with Gasteiger partial charge in [0.15, 0.2) is 0 Å². The fourth-order valence-corrected chi connectivity index (χ4v) is 1.56. The Labute approximate surface area is 104 Å². The molecule has 0 aliphatic heterocycles. The number of halogens is 2. The van der Waals surface area contributed by atoms with Gasteiger partial charge in [-0.3, -0.25) is 4.79 Å². The van der Waals surface area contributed by atoms with Crippen LogP contribution in [0.25, 0.3) is 11.4 Å². The van der Waals surface area contributed by atoms with E-state index in [0.717, 1.165) is 0 Å². The van der Waals surface area contributed by atoms with Crippen molar-refractivity contribution < 1.29 is 9.50 Å². The van der Waals surface area contributed by atoms with Gasteiger partial charge in [0.1, 0.15) is 16.1 Å². The number of aryl methyl sites for hydroxylation is 1. The molecule has 0 radical (unpaired) electrons. The van der Waals surface area contributed by atoms with Crippen LogP contribution >= 0.6 is 15.9 Å². The van der Waals surface area contributed by atoms with Gasteiger partial charge in [0.2, 0.25) is 5.88 Å². The van der Waals surface area contributed by atoms with Crippen LogP contribution in [-0.4, -0.2) is 15.1 Å². The smallest absolute Gasteiger partial charge is 0.269 e. The maximum atomic E-state index is 13.1. The third-order valence-corrected chi connectivity index (χ3v) is 2.99. The highest BCUT2D eigenvalue weighted by Crippen LogP contribution is 2.22. The van der Waals surface area contributed by atoms with Gasteiger partial charge in [-0.1, -0.05) is 0 Å². The van der Waals surface area contributed by atoms with Crippen LogP contribution in [-0.2, 0) is 0 Å². The summed E-state index contributed by atoms with van der Waals surface area (Å²) in [7, 11) is 0. The van der Waals surface area contributed by atoms with Crippen molar-refractivity contribution in [2.75, 3.05) is 0 Å². The summed E-state index contributed by atoms with van der Waals surface area (Å²) in [6.07, 6.45) is 0. The minimum absolute atomic E-state index is 0.0277. The number of aromatic nitrogens is 2. The molecular formula is C11H8BrFN2O2. The van der Waals surface area contributed by atoms with E-state index in [1.807, 2.05) is 0 Å². The zero-order chi connectivity index (χ0) is 12.6. The molecule has 2 aromatic rings. The van der Waals surface area contributed by atoms with Crippen LogP contribution in [0.1, 0.15) is 5.56 Å². The molecule has 2 rings (SSSR count). The molecule has 2 N–H and O–H groups in total. The number of H-pyrrole nitrogens is 1. The molecule has 0 spiro atoms. The molecule has 1 aromatic heterocycles. The maximum absolute atomic E-state index is 13.1. The van der Waals surface area contributed by atoms with Gasteiger partial charge in [0.05, 0.1) is 0 Å². The molecule has 0 saturated heterocycles. The van der Waals surface area contributed by atoms with Crippen molar-refractivity contribution >= 4 is 15.9 Å². The quantitative estimate of drug-likeness (QED) is 0.849. The van der Waals surface area contributed by atoms with Crippen molar-refractivity contribution in [1.29, 1.82) is 0 Å². The first kappa shape index (κ1) is 11.8. The number of nitrogens with zero attached hydrogens (tertiary/aromatic N) is 1. The van der Waals surface area contributed by atoms with E-state index in [1.54, 1.807) is 13.0 Å². The Balaban J connectivity index is 2.61. The summed E-state index contributed by atoms with van der Waals surface area (Å²) in [4.78, 5) is 17.7. The van der Waals surface area contributed by atoms with Crippen molar-refractivity contribution in [3.8, 4) is 17.3 Å². The summed E-state index contributed by atoms with van der Waals surface area (Å²) in [6.45, 7) is 1.61. The predicted molar refractivity (Wildman–Crippen MR) is 64.4 cm³/mol. The molecule has 0 unspecified atom stereocenters. The van der Waals surface area contributed by atoms with Gasteiger partial charge in [-0.05, 0) is 46.6 Å². The summed E-state index contributed by atoms with van der Waals surface area (Å²) in [5.74, 6) is -0.540. The molecule has 0 bridgehead atoms. The Morgan fingerprint density at radius 3 is 2.76 bits per heavy atom. The number of nitrogens with one attached hydrogen (secondary N) is 1. The molecule has 0 saturated carbocycles. The first-order chi connectivity index (χ1) is 7.99. The van der Waals surface area contributed by atoms with E-state index in [2.05, 4.69) is 25.9 Å². The molecule has 4 nitrogen and oxygen atoms in total. The second kappa shape index (κ2) is 4.29. The van der Waals surface area contributed by atoms with Crippen LogP contribution in [0, 0.1) is 12.7 Å². The van der Waals surface area contributed by atoms with Crippen molar-refractivity contribution in [2.45, 2.75) is 6.92 Å². The second-order valence-electron chi connectivity index (χ2n) is 3.52. The second-order valence-corrected chi connectivity index (χ2v) is 4.31. The lowest BCUT2D eigenvalue weighted by atomic mass is 10.1. The van der Waals surface area contributed by atoms with Crippen LogP contribution in [0.15, 0.2) is 27.5 Å². The van der Waals surface area contributed by atoms with Gasteiger partial charge in [0, 0.05) is 5.56 Å². The minimum Gasteiger partial charge on any atom is -0.492 e. The number of hydrogen-bond donors (Lipinski definition) is 2. The number of aromatic amines is 1. The lowest BCUT2D eigenvalue weighted by molar-refractivity contribution is 0.448. The Kier molecular flexibility index (Phi) is 2.97. The Bertz CT molecular complexity index is 640. The van der Waals surface area contributed by atoms with E-state index < -0.39 is 11.4 Å². The Hall–Kier alpha value is -1.69. The van der Waals surface area contributed by atoms with Crippen LogP contribution in [0.2, 0.25) is 0 Å². The number of hydrogen-bond acceptors (Lipinski definition) is 3. The average molecular weight is 299 g/mol. The standard InChI is InChI=1S/C11H8BrFN2O2/c1-5-4-6(2-3-7(5)13)9-14-10(16)8(12)11(17)15-9/h2-4H,1H3,(H2,14,15,16,17). The monoisotopic (exact) mass is 298 g/mol. The van der Waals surface area contributed by atoms with Crippen LogP contribution in [0.4, 0.5) is 4.39 Å². The van der Waals surface area contributed by atoms with Gasteiger partial charge >= 0.3 is 0 Å². The van der Waals surface area contributed by atoms with Crippen LogP contribution < -0.4 is 5.56 Å². The molecule has 0 atom stereocenters. The summed E-state index contributed by atoms with van der Waals surface area (Å²) in [6, 6.07) is 4.30. The lowest BCUT2D eigenvalue weighted by Gasteiger charge is -2.04. The van der Waals surface area contributed by atoms with E-state index in [0.29, 0.717) is 11.1 Å². The summed E-state index contributed by atoms with van der Waals surface area (Å²) in [5.41, 5.74) is 0.478. The fourth-order valence-electron chi connectivity index (χ4n) is 1.38. The normalized spacial score (nSPS) is 10.5. The molecule has 0 aliphatic rings. The van der Waals surface area contributed by atoms with Gasteiger partial charge in [-0.15, -0.1) is 0 Å². The van der Waals surface area contributed by atoms with Crippen molar-refractivity contribution in [3.05, 3.63) is 44.4 Å². The summed E-state index contributed by atoms with van der Waals surface area (Å²) < 4.78 is 13.1. The van der Waals surface area contributed by atoms with E-state index in [9.17, 15) is 14.3 Å². The average Bonchev–Trinajstić information content (AvgIpc) is 2.29. The van der Waals surface area contributed by atoms with Gasteiger partial charge in [0.25, 0.3) is 5.56 Å². The number of rotatable bonds is 1. The topological polar surface area (TPSA) is 66.0 Å². The summed E-state index contributed by atoms with van der Waals surface area (Å²) in [5, 5.41) is 9.41. The molecule has 0 aliphatic carbocycles. The van der Waals surface area contributed by atoms with Gasteiger partial charge in [-0.2, -0.15) is 4.98 Å². The molecule has 17 heavy (non-hydrogen) atoms. The largest absolute Gasteiger partial charge is 0.492 e. The molecule has 6 heteroatoms. The van der Waals surface area contributed by atoms with Gasteiger partial charge < -0.3 is 10.1 Å². The van der Waals surface area contributed by atoms with Crippen molar-refractivity contribution in [3.63, 3.8) is 0 Å². The molecular weight excluding hydrogens is 291 g/mol. The maximum Gasteiger partial charge on any atom is 0.269 e. The molecule has 88 valence electrons. The zero-order valence-electron chi connectivity index (χ0n) is 8.79. The molecule has 0 amide bonds. The molecule has 1 aromatic carbocycles. The lowest BCUT2D eigenvalue weighted by Crippen LogP contribution is -2.09. The van der Waals surface area contributed by atoms with Crippen LogP contribution in [0.5, 0.6) is 5.88 Å². The van der Waals surface area contributed by atoms with Gasteiger partial charge in [-0.25, -0.2) is 4.39 Å². The van der Waals surface area contributed by atoms with E-state index >= 15 is 0 Å². The minimum atomic E-state index is -0.491. The third kappa shape index (κ3) is 2.21. The molecule has 0 fully saturated rings. The zero-order valence-corrected chi connectivity index (χ0v) is 10.4. The first-order valence-corrected chi connectivity index (χ1v) is 5.53.